The molecule has 1 aromatic rings. The number of carbonyl (C=O) groups is 1. The number of amides is 1. The second kappa shape index (κ2) is 6.13. The van der Waals surface area contributed by atoms with Crippen LogP contribution in [0.4, 0.5) is 14.5 Å². The van der Waals surface area contributed by atoms with Crippen molar-refractivity contribution in [2.45, 2.75) is 13.8 Å². The molecule has 8 heteroatoms. The van der Waals surface area contributed by atoms with Crippen molar-refractivity contribution in [3.8, 4) is 0 Å². The molecular weight excluding hydrogens is 294 g/mol. The van der Waals surface area contributed by atoms with Crippen molar-refractivity contribution in [3.63, 3.8) is 0 Å². The molecule has 0 bridgehead atoms. The first-order valence-corrected chi connectivity index (χ1v) is 6.19. The zero-order chi connectivity index (χ0) is 15.5. The van der Waals surface area contributed by atoms with E-state index in [9.17, 15) is 23.7 Å². The van der Waals surface area contributed by atoms with Gasteiger partial charge in [-0.15, -0.1) is 11.6 Å². The average Bonchev–Trinajstić information content (AvgIpc) is 2.38. The first-order valence-electron chi connectivity index (χ1n) is 5.65. The van der Waals surface area contributed by atoms with Crippen LogP contribution < -0.4 is 5.32 Å². The highest BCUT2D eigenvalue weighted by Crippen LogP contribution is 2.23. The molecule has 1 aromatic carbocycles. The van der Waals surface area contributed by atoms with Gasteiger partial charge in [-0.25, -0.2) is 4.39 Å². The molecule has 0 aliphatic rings. The Morgan fingerprint density at radius 3 is 2.55 bits per heavy atom. The number of halogens is 3. The molecule has 0 atom stereocenters. The van der Waals surface area contributed by atoms with Crippen LogP contribution in [-0.2, 0) is 0 Å². The minimum Gasteiger partial charge on any atom is -0.351 e. The van der Waals surface area contributed by atoms with Crippen LogP contribution in [0.5, 0.6) is 0 Å². The lowest BCUT2D eigenvalue weighted by Gasteiger charge is -2.21. The van der Waals surface area contributed by atoms with Gasteiger partial charge in [0.2, 0.25) is 5.82 Å². The first-order chi connectivity index (χ1) is 9.18. The summed E-state index contributed by atoms with van der Waals surface area (Å²) in [7, 11) is 0. The van der Waals surface area contributed by atoms with E-state index in [1.807, 2.05) is 0 Å². The molecule has 1 N–H and O–H groups in total. The summed E-state index contributed by atoms with van der Waals surface area (Å²) < 4.78 is 27.0. The van der Waals surface area contributed by atoms with E-state index in [0.29, 0.717) is 12.1 Å². The fraction of sp³-hybridized carbons (Fsp3) is 0.417. The third-order valence-corrected chi connectivity index (χ3v) is 3.27. The fourth-order valence-corrected chi connectivity index (χ4v) is 1.43. The minimum atomic E-state index is -1.36. The van der Waals surface area contributed by atoms with Gasteiger partial charge in [-0.3, -0.25) is 14.9 Å². The number of hydrogen-bond donors (Lipinski definition) is 1. The third kappa shape index (κ3) is 3.86. The summed E-state index contributed by atoms with van der Waals surface area (Å²) in [5.41, 5.74) is -2.22. The van der Waals surface area contributed by atoms with Crippen LogP contribution in [0, 0.1) is 27.2 Å². The fourth-order valence-electron chi connectivity index (χ4n) is 1.33. The number of nitro benzene ring substituents is 1. The molecule has 1 rings (SSSR count). The highest BCUT2D eigenvalue weighted by atomic mass is 35.5. The van der Waals surface area contributed by atoms with Gasteiger partial charge in [0.1, 0.15) is 5.82 Å². The smallest absolute Gasteiger partial charge is 0.308 e. The molecule has 0 aliphatic heterocycles. The molecule has 20 heavy (non-hydrogen) atoms. The Hall–Kier alpha value is -1.76. The standard InChI is InChI=1S/C12H13ClF2N2O3/c1-12(2,5-13)6-16-11(18)8-3-7(14)4-9(10(8)15)17(19)20/h3-4H,5-6H2,1-2H3,(H,16,18). The van der Waals surface area contributed by atoms with Crippen LogP contribution in [0.15, 0.2) is 12.1 Å². The van der Waals surface area contributed by atoms with Crippen molar-refractivity contribution >= 4 is 23.2 Å². The van der Waals surface area contributed by atoms with Gasteiger partial charge in [0.25, 0.3) is 5.91 Å². The second-order valence-corrected chi connectivity index (χ2v) is 5.29. The summed E-state index contributed by atoms with van der Waals surface area (Å²) >= 11 is 5.67. The topological polar surface area (TPSA) is 72.2 Å². The molecule has 0 spiro atoms. The van der Waals surface area contributed by atoms with Crippen molar-refractivity contribution in [1.82, 2.24) is 5.32 Å². The number of hydrogen-bond acceptors (Lipinski definition) is 3. The summed E-state index contributed by atoms with van der Waals surface area (Å²) in [6, 6.07) is 1.04. The quantitative estimate of drug-likeness (QED) is 0.516. The van der Waals surface area contributed by atoms with E-state index in [1.165, 1.54) is 0 Å². The van der Waals surface area contributed by atoms with Crippen molar-refractivity contribution < 1.29 is 18.5 Å². The van der Waals surface area contributed by atoms with E-state index in [2.05, 4.69) is 5.32 Å². The van der Waals surface area contributed by atoms with Crippen molar-refractivity contribution in [1.29, 1.82) is 0 Å². The van der Waals surface area contributed by atoms with Gasteiger partial charge < -0.3 is 5.32 Å². The predicted molar refractivity (Wildman–Crippen MR) is 69.8 cm³/mol. The van der Waals surface area contributed by atoms with Gasteiger partial charge in [0.05, 0.1) is 16.6 Å². The summed E-state index contributed by atoms with van der Waals surface area (Å²) in [5, 5.41) is 12.9. The molecule has 5 nitrogen and oxygen atoms in total. The zero-order valence-electron chi connectivity index (χ0n) is 10.9. The van der Waals surface area contributed by atoms with Crippen LogP contribution in [0.25, 0.3) is 0 Å². The first kappa shape index (κ1) is 16.3. The lowest BCUT2D eigenvalue weighted by atomic mass is 9.96. The maximum atomic E-state index is 13.8. The third-order valence-electron chi connectivity index (χ3n) is 2.55. The lowest BCUT2D eigenvalue weighted by Crippen LogP contribution is -2.35. The summed E-state index contributed by atoms with van der Waals surface area (Å²) in [6.07, 6.45) is 0. The molecule has 0 aromatic heterocycles. The van der Waals surface area contributed by atoms with Crippen molar-refractivity contribution in [2.75, 3.05) is 12.4 Å². The molecule has 0 saturated carbocycles. The molecular formula is C12H13ClF2N2O3. The van der Waals surface area contributed by atoms with Gasteiger partial charge in [-0.1, -0.05) is 13.8 Å². The molecule has 110 valence electrons. The second-order valence-electron chi connectivity index (χ2n) is 5.02. The van der Waals surface area contributed by atoms with Gasteiger partial charge in [0.15, 0.2) is 0 Å². The maximum absolute atomic E-state index is 13.8. The number of nitrogens with one attached hydrogen (secondary N) is 1. The summed E-state index contributed by atoms with van der Waals surface area (Å²) in [5.74, 6) is -3.10. The summed E-state index contributed by atoms with van der Waals surface area (Å²) in [6.45, 7) is 3.66. The molecule has 0 aliphatic carbocycles. The number of alkyl halides is 1. The Labute approximate surface area is 119 Å². The van der Waals surface area contributed by atoms with Crippen LogP contribution >= 0.6 is 11.6 Å². The predicted octanol–water partition coefficient (Wildman–Crippen LogP) is 2.87. The normalized spacial score (nSPS) is 11.2. The van der Waals surface area contributed by atoms with Gasteiger partial charge >= 0.3 is 5.69 Å². The number of carbonyl (C=O) groups excluding carboxylic acids is 1. The number of rotatable bonds is 5. The largest absolute Gasteiger partial charge is 0.351 e. The molecule has 0 saturated heterocycles. The molecule has 0 unspecified atom stereocenters. The Balaban J connectivity index is 3.02. The van der Waals surface area contributed by atoms with Crippen molar-refractivity contribution in [3.05, 3.63) is 39.4 Å². The zero-order valence-corrected chi connectivity index (χ0v) is 11.6. The monoisotopic (exact) mass is 306 g/mol. The van der Waals surface area contributed by atoms with E-state index < -0.39 is 39.1 Å². The van der Waals surface area contributed by atoms with E-state index in [1.54, 1.807) is 13.8 Å². The SMILES string of the molecule is CC(C)(CCl)CNC(=O)c1cc(F)cc([N+](=O)[O-])c1F. The Bertz CT molecular complexity index is 550. The maximum Gasteiger partial charge on any atom is 0.308 e. The van der Waals surface area contributed by atoms with E-state index in [-0.39, 0.29) is 12.4 Å². The lowest BCUT2D eigenvalue weighted by molar-refractivity contribution is -0.387. The van der Waals surface area contributed by atoms with Crippen LogP contribution in [0.3, 0.4) is 0 Å². The summed E-state index contributed by atoms with van der Waals surface area (Å²) in [4.78, 5) is 21.2. The average molecular weight is 307 g/mol. The van der Waals surface area contributed by atoms with E-state index in [4.69, 9.17) is 11.6 Å². The highest BCUT2D eigenvalue weighted by molar-refractivity contribution is 6.18. The minimum absolute atomic E-state index is 0.124. The van der Waals surface area contributed by atoms with Crippen LogP contribution in [0.1, 0.15) is 24.2 Å². The highest BCUT2D eigenvalue weighted by Gasteiger charge is 2.25. The van der Waals surface area contributed by atoms with Crippen LogP contribution in [0.2, 0.25) is 0 Å². The Kier molecular flexibility index (Phi) is 4.99. The van der Waals surface area contributed by atoms with E-state index in [0.717, 1.165) is 0 Å². The number of nitrogens with zero attached hydrogens (tertiary/aromatic N) is 1. The van der Waals surface area contributed by atoms with Gasteiger partial charge in [-0.2, -0.15) is 4.39 Å². The molecule has 0 radical (unpaired) electrons. The molecule has 0 fully saturated rings. The van der Waals surface area contributed by atoms with E-state index >= 15 is 0 Å². The van der Waals surface area contributed by atoms with Crippen LogP contribution in [-0.4, -0.2) is 23.3 Å². The Morgan fingerprint density at radius 2 is 2.05 bits per heavy atom. The number of nitro groups is 1. The van der Waals surface area contributed by atoms with Gasteiger partial charge in [-0.05, 0) is 11.5 Å². The van der Waals surface area contributed by atoms with Gasteiger partial charge in [0, 0.05) is 12.4 Å². The molecule has 0 heterocycles. The molecule has 1 amide bonds. The Morgan fingerprint density at radius 1 is 1.45 bits per heavy atom. The number of benzene rings is 1. The van der Waals surface area contributed by atoms with Crippen molar-refractivity contribution in [2.24, 2.45) is 5.41 Å².